The van der Waals surface area contributed by atoms with Crippen molar-refractivity contribution in [2.75, 3.05) is 110 Å². The summed E-state index contributed by atoms with van der Waals surface area (Å²) in [4.78, 5) is 0. The van der Waals surface area contributed by atoms with E-state index in [1.807, 2.05) is 0 Å². The lowest BCUT2D eigenvalue weighted by molar-refractivity contribution is -0.169. The quantitative estimate of drug-likeness (QED) is 0.0740. The molecule has 1 heterocycles. The van der Waals surface area contributed by atoms with E-state index in [2.05, 4.69) is 22.6 Å². The molecule has 1 unspecified atom stereocenters. The van der Waals surface area contributed by atoms with Gasteiger partial charge in [0.15, 0.2) is 6.29 Å². The normalized spacial score (nSPS) is 16.2. The van der Waals surface area contributed by atoms with Crippen molar-refractivity contribution in [1.82, 2.24) is 0 Å². The number of hydrogen-bond acceptors (Lipinski definition) is 9. The summed E-state index contributed by atoms with van der Waals surface area (Å²) in [5, 5.41) is 0. The summed E-state index contributed by atoms with van der Waals surface area (Å²) in [6.07, 6.45) is 8.24. The summed E-state index contributed by atoms with van der Waals surface area (Å²) in [6.45, 7) is 9.54. The Bertz CT molecular complexity index is 401. The summed E-state index contributed by atoms with van der Waals surface area (Å²) >= 11 is 2.42. The van der Waals surface area contributed by atoms with Gasteiger partial charge in [-0.25, -0.2) is 0 Å². The highest BCUT2D eigenvalue weighted by atomic mass is 127. The van der Waals surface area contributed by atoms with Gasteiger partial charge in [-0.3, -0.25) is 0 Å². The van der Waals surface area contributed by atoms with Crippen molar-refractivity contribution in [1.29, 1.82) is 0 Å². The van der Waals surface area contributed by atoms with Gasteiger partial charge in [-0.15, -0.1) is 0 Å². The number of rotatable bonds is 28. The van der Waals surface area contributed by atoms with Gasteiger partial charge in [0.05, 0.1) is 92.5 Å². The van der Waals surface area contributed by atoms with Crippen LogP contribution in [0.4, 0.5) is 0 Å². The molecule has 0 N–H and O–H groups in total. The molecule has 1 aliphatic heterocycles. The van der Waals surface area contributed by atoms with E-state index < -0.39 is 0 Å². The second-order valence-electron chi connectivity index (χ2n) is 8.06. The van der Waals surface area contributed by atoms with Gasteiger partial charge in [0.25, 0.3) is 0 Å². The van der Waals surface area contributed by atoms with Crippen LogP contribution in [0.3, 0.4) is 0 Å². The Morgan fingerprint density at radius 1 is 0.486 bits per heavy atom. The minimum atomic E-state index is -0.0539. The first kappa shape index (κ1) is 33.4. The Morgan fingerprint density at radius 3 is 1.34 bits per heavy atom. The first-order chi connectivity index (χ1) is 17.4. The average Bonchev–Trinajstić information content (AvgIpc) is 2.89. The molecule has 210 valence electrons. The first-order valence-corrected chi connectivity index (χ1v) is 14.8. The van der Waals surface area contributed by atoms with Gasteiger partial charge >= 0.3 is 0 Å². The molecule has 1 atom stereocenters. The Labute approximate surface area is 226 Å². The summed E-state index contributed by atoms with van der Waals surface area (Å²) < 4.78 is 50.8. The molecule has 9 nitrogen and oxygen atoms in total. The van der Waals surface area contributed by atoms with Crippen molar-refractivity contribution in [3.05, 3.63) is 0 Å². The van der Waals surface area contributed by atoms with Gasteiger partial charge in [0.2, 0.25) is 0 Å². The third-order valence-electron chi connectivity index (χ3n) is 5.07. The standard InChI is InChI=1S/C25H49IO9/c26-8-4-1-2-5-9-27-11-12-28-13-14-29-15-16-30-17-18-31-19-20-32-21-22-33-23-24-35-25-7-3-6-10-34-25/h25H,1-24H2. The molecule has 0 aromatic heterocycles. The monoisotopic (exact) mass is 620 g/mol. The molecule has 0 spiro atoms. The molecular weight excluding hydrogens is 571 g/mol. The molecular formula is C25H49IO9. The minimum Gasteiger partial charge on any atom is -0.379 e. The fraction of sp³-hybridized carbons (Fsp3) is 1.00. The molecule has 1 saturated heterocycles. The van der Waals surface area contributed by atoms with Crippen LogP contribution in [0.1, 0.15) is 44.9 Å². The summed E-state index contributed by atoms with van der Waals surface area (Å²) in [5.74, 6) is 0. The number of halogens is 1. The smallest absolute Gasteiger partial charge is 0.157 e. The largest absolute Gasteiger partial charge is 0.379 e. The zero-order valence-electron chi connectivity index (χ0n) is 21.6. The zero-order chi connectivity index (χ0) is 24.9. The maximum absolute atomic E-state index is 5.60. The fourth-order valence-electron chi connectivity index (χ4n) is 3.15. The van der Waals surface area contributed by atoms with E-state index in [0.29, 0.717) is 92.5 Å². The van der Waals surface area contributed by atoms with Crippen LogP contribution in [0.15, 0.2) is 0 Å². The SMILES string of the molecule is ICCCCCCOCCOCCOCCOCCOCCOCCOCCOC1CCCCO1. The van der Waals surface area contributed by atoms with Crippen molar-refractivity contribution >= 4 is 22.6 Å². The summed E-state index contributed by atoms with van der Waals surface area (Å²) in [6, 6.07) is 0. The molecule has 1 aliphatic rings. The molecule has 1 rings (SSSR count). The second-order valence-corrected chi connectivity index (χ2v) is 9.14. The Hall–Kier alpha value is 0.370. The molecule has 35 heavy (non-hydrogen) atoms. The van der Waals surface area contributed by atoms with Crippen LogP contribution in [-0.2, 0) is 42.6 Å². The molecule has 0 saturated carbocycles. The van der Waals surface area contributed by atoms with Crippen molar-refractivity contribution in [3.63, 3.8) is 0 Å². The molecule has 0 aromatic carbocycles. The van der Waals surface area contributed by atoms with Gasteiger partial charge < -0.3 is 42.6 Å². The predicted octanol–water partition coefficient (Wildman–Crippen LogP) is 3.64. The van der Waals surface area contributed by atoms with Crippen LogP contribution in [0.2, 0.25) is 0 Å². The van der Waals surface area contributed by atoms with Crippen LogP contribution >= 0.6 is 22.6 Å². The number of ether oxygens (including phenoxy) is 9. The third kappa shape index (κ3) is 25.8. The molecule has 0 radical (unpaired) electrons. The lowest BCUT2D eigenvalue weighted by atomic mass is 10.2. The molecule has 0 aliphatic carbocycles. The summed E-state index contributed by atoms with van der Waals surface area (Å²) in [7, 11) is 0. The van der Waals surface area contributed by atoms with Crippen molar-refractivity contribution in [2.45, 2.75) is 51.2 Å². The lowest BCUT2D eigenvalue weighted by Gasteiger charge is -2.22. The lowest BCUT2D eigenvalue weighted by Crippen LogP contribution is -2.24. The van der Waals surface area contributed by atoms with Crippen LogP contribution in [0.5, 0.6) is 0 Å². The average molecular weight is 621 g/mol. The van der Waals surface area contributed by atoms with Crippen LogP contribution in [-0.4, -0.2) is 116 Å². The van der Waals surface area contributed by atoms with Crippen molar-refractivity contribution in [2.24, 2.45) is 0 Å². The van der Waals surface area contributed by atoms with Crippen LogP contribution in [0.25, 0.3) is 0 Å². The number of alkyl halides is 1. The van der Waals surface area contributed by atoms with E-state index in [0.717, 1.165) is 32.5 Å². The van der Waals surface area contributed by atoms with Gasteiger partial charge in [-0.1, -0.05) is 35.4 Å². The Kier molecular flexibility index (Phi) is 27.6. The van der Waals surface area contributed by atoms with E-state index in [1.54, 1.807) is 0 Å². The highest BCUT2D eigenvalue weighted by molar-refractivity contribution is 14.1. The minimum absolute atomic E-state index is 0.0539. The maximum Gasteiger partial charge on any atom is 0.157 e. The predicted molar refractivity (Wildman–Crippen MR) is 143 cm³/mol. The summed E-state index contributed by atoms with van der Waals surface area (Å²) in [5.41, 5.74) is 0. The van der Waals surface area contributed by atoms with E-state index in [1.165, 1.54) is 30.1 Å². The number of hydrogen-bond donors (Lipinski definition) is 0. The molecule has 0 aromatic rings. The highest BCUT2D eigenvalue weighted by Crippen LogP contribution is 2.13. The van der Waals surface area contributed by atoms with E-state index >= 15 is 0 Å². The van der Waals surface area contributed by atoms with E-state index in [4.69, 9.17) is 42.6 Å². The topological polar surface area (TPSA) is 83.1 Å². The molecule has 0 amide bonds. The third-order valence-corrected chi connectivity index (χ3v) is 5.84. The van der Waals surface area contributed by atoms with Crippen molar-refractivity contribution in [3.8, 4) is 0 Å². The van der Waals surface area contributed by atoms with E-state index in [-0.39, 0.29) is 6.29 Å². The number of unbranched alkanes of at least 4 members (excludes halogenated alkanes) is 3. The fourth-order valence-corrected chi connectivity index (χ4v) is 3.69. The van der Waals surface area contributed by atoms with Crippen molar-refractivity contribution < 1.29 is 42.6 Å². The Balaban J connectivity index is 1.61. The first-order valence-electron chi connectivity index (χ1n) is 13.3. The zero-order valence-corrected chi connectivity index (χ0v) is 23.8. The maximum atomic E-state index is 5.60. The van der Waals surface area contributed by atoms with Crippen LogP contribution < -0.4 is 0 Å². The highest BCUT2D eigenvalue weighted by Gasteiger charge is 2.13. The Morgan fingerprint density at radius 2 is 0.914 bits per heavy atom. The molecule has 1 fully saturated rings. The second kappa shape index (κ2) is 28.9. The molecule has 10 heteroatoms. The van der Waals surface area contributed by atoms with Gasteiger partial charge in [-0.05, 0) is 36.5 Å². The van der Waals surface area contributed by atoms with Crippen LogP contribution in [0, 0.1) is 0 Å². The van der Waals surface area contributed by atoms with E-state index in [9.17, 15) is 0 Å². The van der Waals surface area contributed by atoms with Gasteiger partial charge in [0.1, 0.15) is 0 Å². The molecule has 0 bridgehead atoms. The van der Waals surface area contributed by atoms with Gasteiger partial charge in [-0.2, -0.15) is 0 Å². The van der Waals surface area contributed by atoms with Gasteiger partial charge in [0, 0.05) is 13.2 Å².